The summed E-state index contributed by atoms with van der Waals surface area (Å²) in [6, 6.07) is 14.0. The van der Waals surface area contributed by atoms with Crippen LogP contribution in [0.3, 0.4) is 0 Å². The Hall–Kier alpha value is -1.66. The average molecular weight is 425 g/mol. The molecule has 0 aliphatic carbocycles. The Morgan fingerprint density at radius 2 is 1.72 bits per heavy atom. The van der Waals surface area contributed by atoms with Crippen molar-refractivity contribution >= 4 is 22.7 Å². The molecule has 3 aliphatic heterocycles. The number of methoxy groups -OCH3 is 1. The zero-order valence-electron chi connectivity index (χ0n) is 16.8. The van der Waals surface area contributed by atoms with Crippen LogP contribution in [0.5, 0.6) is 5.75 Å². The molecule has 0 radical (unpaired) electrons. The fraction of sp³-hybridized carbons (Fsp3) is 0.417. The van der Waals surface area contributed by atoms with Gasteiger partial charge in [0.15, 0.2) is 0 Å². The second-order valence-corrected chi connectivity index (χ2v) is 9.73. The summed E-state index contributed by atoms with van der Waals surface area (Å²) < 4.78 is 5.59. The highest BCUT2D eigenvalue weighted by Crippen LogP contribution is 2.43. The van der Waals surface area contributed by atoms with E-state index in [1.165, 1.54) is 42.6 Å². The van der Waals surface area contributed by atoms with Gasteiger partial charge in [0, 0.05) is 30.1 Å². The van der Waals surface area contributed by atoms with Crippen LogP contribution in [0, 0.1) is 5.92 Å². The van der Waals surface area contributed by atoms with Crippen molar-refractivity contribution < 1.29 is 4.74 Å². The summed E-state index contributed by atoms with van der Waals surface area (Å²) in [5.41, 5.74) is 4.18. The molecular weight excluding hydrogens is 396 g/mol. The number of ether oxygens (including phenoxy) is 1. The van der Waals surface area contributed by atoms with Crippen LogP contribution in [0.4, 0.5) is 0 Å². The first-order chi connectivity index (χ1) is 14.3. The molecule has 29 heavy (non-hydrogen) atoms. The van der Waals surface area contributed by atoms with Gasteiger partial charge in [-0.3, -0.25) is 4.90 Å². The van der Waals surface area contributed by atoms with Gasteiger partial charge in [-0.05, 0) is 82.7 Å². The Bertz CT molecular complexity index is 867. The second-order valence-electron chi connectivity index (χ2n) is 8.17. The SMILES string of the molecule is COc1ccccc1CNC1C2CCN(CC2)C1C(c1ccsc1)c1ccsc1. The van der Waals surface area contributed by atoms with E-state index in [0.29, 0.717) is 18.0 Å². The van der Waals surface area contributed by atoms with Crippen LogP contribution in [0.15, 0.2) is 57.9 Å². The molecule has 3 aromatic rings. The van der Waals surface area contributed by atoms with Crippen LogP contribution in [-0.2, 0) is 6.54 Å². The number of fused-ring (bicyclic) bond motifs is 3. The molecule has 3 saturated heterocycles. The fourth-order valence-electron chi connectivity index (χ4n) is 5.36. The molecule has 5 heteroatoms. The van der Waals surface area contributed by atoms with Crippen molar-refractivity contribution in [3.63, 3.8) is 0 Å². The van der Waals surface area contributed by atoms with E-state index >= 15 is 0 Å². The molecule has 152 valence electrons. The van der Waals surface area contributed by atoms with Gasteiger partial charge in [-0.1, -0.05) is 18.2 Å². The van der Waals surface area contributed by atoms with E-state index < -0.39 is 0 Å². The minimum absolute atomic E-state index is 0.436. The highest BCUT2D eigenvalue weighted by atomic mass is 32.1. The summed E-state index contributed by atoms with van der Waals surface area (Å²) in [5.74, 6) is 2.16. The number of hydrogen-bond donors (Lipinski definition) is 1. The molecule has 5 heterocycles. The topological polar surface area (TPSA) is 24.5 Å². The van der Waals surface area contributed by atoms with Crippen LogP contribution < -0.4 is 10.1 Å². The molecule has 3 nitrogen and oxygen atoms in total. The van der Waals surface area contributed by atoms with E-state index in [1.807, 2.05) is 28.7 Å². The van der Waals surface area contributed by atoms with E-state index in [1.54, 1.807) is 7.11 Å². The van der Waals surface area contributed by atoms with Crippen molar-refractivity contribution in [3.05, 3.63) is 74.6 Å². The Morgan fingerprint density at radius 3 is 2.34 bits per heavy atom. The fourth-order valence-corrected chi connectivity index (χ4v) is 6.75. The predicted octanol–water partition coefficient (Wildman–Crippen LogP) is 5.20. The van der Waals surface area contributed by atoms with Crippen LogP contribution >= 0.6 is 22.7 Å². The summed E-state index contributed by atoms with van der Waals surface area (Å²) >= 11 is 3.63. The van der Waals surface area contributed by atoms with Crippen molar-refractivity contribution in [1.82, 2.24) is 10.2 Å². The predicted molar refractivity (Wildman–Crippen MR) is 122 cm³/mol. The lowest BCUT2D eigenvalue weighted by Crippen LogP contribution is -2.64. The van der Waals surface area contributed by atoms with Gasteiger partial charge in [-0.2, -0.15) is 22.7 Å². The minimum Gasteiger partial charge on any atom is -0.496 e. The monoisotopic (exact) mass is 424 g/mol. The Kier molecular flexibility index (Phi) is 5.73. The zero-order chi connectivity index (χ0) is 19.6. The minimum atomic E-state index is 0.436. The third-order valence-electron chi connectivity index (χ3n) is 6.74. The van der Waals surface area contributed by atoms with Crippen molar-refractivity contribution in [3.8, 4) is 5.75 Å². The standard InChI is InChI=1S/C24H28N2OS2/c1-27-21-5-3-2-4-18(21)14-25-23-17-6-10-26(11-7-17)24(23)22(19-8-12-28-15-19)20-9-13-29-16-20/h2-5,8-9,12-13,15-17,22-25H,6-7,10-11,14H2,1H3. The number of para-hydroxylation sites is 1. The van der Waals surface area contributed by atoms with Gasteiger partial charge in [0.05, 0.1) is 7.11 Å². The maximum atomic E-state index is 5.59. The van der Waals surface area contributed by atoms with Gasteiger partial charge in [0.1, 0.15) is 5.75 Å². The van der Waals surface area contributed by atoms with Crippen molar-refractivity contribution in [2.75, 3.05) is 20.2 Å². The maximum absolute atomic E-state index is 5.59. The lowest BCUT2D eigenvalue weighted by Gasteiger charge is -2.54. The number of piperidine rings is 3. The number of benzene rings is 1. The first-order valence-corrected chi connectivity index (χ1v) is 12.4. The highest BCUT2D eigenvalue weighted by Gasteiger charge is 2.46. The first-order valence-electron chi connectivity index (χ1n) is 10.5. The number of nitrogens with one attached hydrogen (secondary N) is 1. The lowest BCUT2D eigenvalue weighted by atomic mass is 9.71. The molecule has 2 atom stereocenters. The summed E-state index contributed by atoms with van der Waals surface area (Å²) in [6.45, 7) is 3.31. The molecule has 3 fully saturated rings. The van der Waals surface area contributed by atoms with Crippen LogP contribution in [-0.4, -0.2) is 37.2 Å². The second kappa shape index (κ2) is 8.60. The third-order valence-corrected chi connectivity index (χ3v) is 8.14. The quantitative estimate of drug-likeness (QED) is 0.564. The average Bonchev–Trinajstić information content (AvgIpc) is 3.49. The first kappa shape index (κ1) is 19.3. The van der Waals surface area contributed by atoms with E-state index in [2.05, 4.69) is 62.1 Å². The molecule has 6 rings (SSSR count). The zero-order valence-corrected chi connectivity index (χ0v) is 18.4. The van der Waals surface area contributed by atoms with Crippen LogP contribution in [0.1, 0.15) is 35.4 Å². The van der Waals surface area contributed by atoms with E-state index in [0.717, 1.165) is 18.2 Å². The van der Waals surface area contributed by atoms with Gasteiger partial charge in [-0.25, -0.2) is 0 Å². The molecule has 2 unspecified atom stereocenters. The normalized spacial score (nSPS) is 26.1. The molecule has 2 aromatic heterocycles. The Morgan fingerprint density at radius 1 is 1.03 bits per heavy atom. The summed E-state index contributed by atoms with van der Waals surface area (Å²) in [7, 11) is 1.76. The molecule has 0 spiro atoms. The van der Waals surface area contributed by atoms with E-state index in [4.69, 9.17) is 4.74 Å². The Labute approximate surface area is 181 Å². The lowest BCUT2D eigenvalue weighted by molar-refractivity contribution is 0.00472. The highest BCUT2D eigenvalue weighted by molar-refractivity contribution is 7.08. The van der Waals surface area contributed by atoms with Gasteiger partial charge in [0.2, 0.25) is 0 Å². The molecule has 2 bridgehead atoms. The number of hydrogen-bond acceptors (Lipinski definition) is 5. The molecule has 3 aliphatic rings. The van der Waals surface area contributed by atoms with Gasteiger partial charge in [-0.15, -0.1) is 0 Å². The van der Waals surface area contributed by atoms with E-state index in [9.17, 15) is 0 Å². The summed E-state index contributed by atoms with van der Waals surface area (Å²) in [5, 5.41) is 13.1. The molecular formula is C24H28N2OS2. The summed E-state index contributed by atoms with van der Waals surface area (Å²) in [4.78, 5) is 2.75. The van der Waals surface area contributed by atoms with Gasteiger partial charge in [0.25, 0.3) is 0 Å². The van der Waals surface area contributed by atoms with Crippen molar-refractivity contribution in [1.29, 1.82) is 0 Å². The van der Waals surface area contributed by atoms with Crippen LogP contribution in [0.25, 0.3) is 0 Å². The van der Waals surface area contributed by atoms with E-state index in [-0.39, 0.29) is 0 Å². The maximum Gasteiger partial charge on any atom is 0.123 e. The number of rotatable bonds is 7. The van der Waals surface area contributed by atoms with Gasteiger partial charge < -0.3 is 10.1 Å². The van der Waals surface area contributed by atoms with Crippen molar-refractivity contribution in [2.45, 2.75) is 37.4 Å². The van der Waals surface area contributed by atoms with Crippen LogP contribution in [0.2, 0.25) is 0 Å². The van der Waals surface area contributed by atoms with Crippen molar-refractivity contribution in [2.24, 2.45) is 5.92 Å². The molecule has 1 aromatic carbocycles. The molecule has 1 N–H and O–H groups in total. The third kappa shape index (κ3) is 3.77. The molecule has 0 amide bonds. The Balaban J connectivity index is 1.46. The molecule has 0 saturated carbocycles. The van der Waals surface area contributed by atoms with Gasteiger partial charge >= 0.3 is 0 Å². The summed E-state index contributed by atoms with van der Waals surface area (Å²) in [6.07, 6.45) is 2.61. The number of nitrogens with zero attached hydrogens (tertiary/aromatic N) is 1. The number of thiophene rings is 2. The largest absolute Gasteiger partial charge is 0.496 e. The smallest absolute Gasteiger partial charge is 0.123 e.